The van der Waals surface area contributed by atoms with Gasteiger partial charge in [-0.2, -0.15) is 0 Å². The van der Waals surface area contributed by atoms with Crippen molar-refractivity contribution in [3.05, 3.63) is 35.9 Å². The molecule has 0 bridgehead atoms. The fourth-order valence-corrected chi connectivity index (χ4v) is 2.15. The van der Waals surface area contributed by atoms with E-state index >= 15 is 0 Å². The summed E-state index contributed by atoms with van der Waals surface area (Å²) < 4.78 is 0. The number of amides is 1. The van der Waals surface area contributed by atoms with Crippen LogP contribution in [0.3, 0.4) is 0 Å². The second-order valence-electron chi connectivity index (χ2n) is 4.26. The molecule has 0 aromatic heterocycles. The van der Waals surface area contributed by atoms with E-state index in [4.69, 9.17) is 16.7 Å². The van der Waals surface area contributed by atoms with E-state index in [1.54, 1.807) is 4.90 Å². The highest BCUT2D eigenvalue weighted by Crippen LogP contribution is 2.31. The molecule has 1 amide bonds. The van der Waals surface area contributed by atoms with Gasteiger partial charge in [0.1, 0.15) is 5.38 Å². The van der Waals surface area contributed by atoms with Crippen LogP contribution in [0.2, 0.25) is 0 Å². The Labute approximate surface area is 106 Å². The fourth-order valence-electron chi connectivity index (χ4n) is 1.88. The summed E-state index contributed by atoms with van der Waals surface area (Å²) in [4.78, 5) is 13.9. The van der Waals surface area contributed by atoms with Crippen LogP contribution in [0.1, 0.15) is 23.8 Å². The van der Waals surface area contributed by atoms with Crippen molar-refractivity contribution >= 4 is 17.5 Å². The first-order chi connectivity index (χ1) is 8.24. The maximum absolute atomic E-state index is 12.2. The van der Waals surface area contributed by atoms with Crippen molar-refractivity contribution in [3.63, 3.8) is 0 Å². The van der Waals surface area contributed by atoms with Gasteiger partial charge in [0.15, 0.2) is 0 Å². The van der Waals surface area contributed by atoms with E-state index in [-0.39, 0.29) is 18.6 Å². The van der Waals surface area contributed by atoms with E-state index in [9.17, 15) is 4.79 Å². The first-order valence-corrected chi connectivity index (χ1v) is 6.28. The summed E-state index contributed by atoms with van der Waals surface area (Å²) in [6, 6.07) is 9.60. The van der Waals surface area contributed by atoms with Crippen LogP contribution in [-0.4, -0.2) is 35.1 Å². The third-order valence-corrected chi connectivity index (χ3v) is 3.36. The third-order valence-electron chi connectivity index (χ3n) is 2.92. The second kappa shape index (κ2) is 5.52. The minimum Gasteiger partial charge on any atom is -0.395 e. The minimum absolute atomic E-state index is 0.0133. The maximum Gasteiger partial charge on any atom is 0.245 e. The highest BCUT2D eigenvalue weighted by atomic mass is 35.5. The lowest BCUT2D eigenvalue weighted by Crippen LogP contribution is -2.37. The number of aliphatic hydroxyl groups excluding tert-OH is 1. The van der Waals surface area contributed by atoms with Gasteiger partial charge in [-0.05, 0) is 18.4 Å². The van der Waals surface area contributed by atoms with Crippen LogP contribution < -0.4 is 0 Å². The number of alkyl halides is 1. The van der Waals surface area contributed by atoms with Crippen LogP contribution in [0.5, 0.6) is 0 Å². The molecule has 0 saturated heterocycles. The monoisotopic (exact) mass is 253 g/mol. The molecule has 4 heteroatoms. The van der Waals surface area contributed by atoms with Crippen molar-refractivity contribution in [2.75, 3.05) is 13.2 Å². The van der Waals surface area contributed by atoms with Crippen molar-refractivity contribution in [3.8, 4) is 0 Å². The number of halogens is 1. The van der Waals surface area contributed by atoms with E-state index in [2.05, 4.69) is 0 Å². The molecule has 1 aromatic rings. The van der Waals surface area contributed by atoms with Gasteiger partial charge in [0.2, 0.25) is 5.91 Å². The lowest BCUT2D eigenvalue weighted by atomic mass is 10.1. The molecule has 1 fully saturated rings. The van der Waals surface area contributed by atoms with Gasteiger partial charge in [-0.25, -0.2) is 0 Å². The zero-order valence-electron chi connectivity index (χ0n) is 9.55. The molecule has 3 nitrogen and oxygen atoms in total. The standard InChI is InChI=1S/C13H16ClNO2/c14-12(10-4-2-1-3-5-10)13(17)15(8-9-16)11-6-7-11/h1-5,11-12,16H,6-9H2. The largest absolute Gasteiger partial charge is 0.395 e. The van der Waals surface area contributed by atoms with Gasteiger partial charge in [-0.3, -0.25) is 4.79 Å². The Kier molecular flexibility index (Phi) is 4.02. The Bertz CT molecular complexity index is 378. The summed E-state index contributed by atoms with van der Waals surface area (Å²) in [6.45, 7) is 0.361. The summed E-state index contributed by atoms with van der Waals surface area (Å²) in [5.74, 6) is -0.102. The van der Waals surface area contributed by atoms with E-state index < -0.39 is 5.38 Å². The Hall–Kier alpha value is -1.06. The molecule has 1 unspecified atom stereocenters. The molecule has 1 atom stereocenters. The Morgan fingerprint density at radius 1 is 1.41 bits per heavy atom. The molecule has 0 spiro atoms. The van der Waals surface area contributed by atoms with Crippen LogP contribution in [-0.2, 0) is 4.79 Å². The molecule has 1 aliphatic carbocycles. The first-order valence-electron chi connectivity index (χ1n) is 5.84. The van der Waals surface area contributed by atoms with Gasteiger partial charge >= 0.3 is 0 Å². The molecule has 1 saturated carbocycles. The predicted octanol–water partition coefficient (Wildman–Crippen LogP) is 1.95. The molecule has 92 valence electrons. The fraction of sp³-hybridized carbons (Fsp3) is 0.462. The molecule has 0 aliphatic heterocycles. The number of hydrogen-bond donors (Lipinski definition) is 1. The maximum atomic E-state index is 12.2. The zero-order valence-corrected chi connectivity index (χ0v) is 10.3. The van der Waals surface area contributed by atoms with Crippen molar-refractivity contribution in [1.82, 2.24) is 4.90 Å². The summed E-state index contributed by atoms with van der Waals surface area (Å²) >= 11 is 6.19. The van der Waals surface area contributed by atoms with E-state index in [0.29, 0.717) is 6.54 Å². The Morgan fingerprint density at radius 2 is 2.06 bits per heavy atom. The normalized spacial score (nSPS) is 16.6. The topological polar surface area (TPSA) is 40.5 Å². The highest BCUT2D eigenvalue weighted by Gasteiger charge is 2.35. The highest BCUT2D eigenvalue weighted by molar-refractivity contribution is 6.30. The van der Waals surface area contributed by atoms with Crippen LogP contribution in [0.25, 0.3) is 0 Å². The summed E-state index contributed by atoms with van der Waals surface area (Å²) in [7, 11) is 0. The molecule has 1 N–H and O–H groups in total. The lowest BCUT2D eigenvalue weighted by Gasteiger charge is -2.24. The Morgan fingerprint density at radius 3 is 2.59 bits per heavy atom. The third kappa shape index (κ3) is 2.99. The van der Waals surface area contributed by atoms with Crippen molar-refractivity contribution < 1.29 is 9.90 Å². The molecule has 17 heavy (non-hydrogen) atoms. The van der Waals surface area contributed by atoms with Crippen molar-refractivity contribution in [1.29, 1.82) is 0 Å². The Balaban J connectivity index is 2.07. The molecule has 0 radical (unpaired) electrons. The van der Waals surface area contributed by atoms with Gasteiger partial charge in [0.25, 0.3) is 0 Å². The van der Waals surface area contributed by atoms with Gasteiger partial charge in [-0.15, -0.1) is 11.6 Å². The van der Waals surface area contributed by atoms with Crippen molar-refractivity contribution in [2.45, 2.75) is 24.3 Å². The number of carbonyl (C=O) groups is 1. The number of nitrogens with zero attached hydrogens (tertiary/aromatic N) is 1. The molecular weight excluding hydrogens is 238 g/mol. The minimum atomic E-state index is -0.650. The van der Waals surface area contributed by atoms with Gasteiger partial charge < -0.3 is 10.0 Å². The summed E-state index contributed by atoms with van der Waals surface area (Å²) in [5.41, 5.74) is 0.808. The number of hydrogen-bond acceptors (Lipinski definition) is 2. The van der Waals surface area contributed by atoms with Gasteiger partial charge in [0.05, 0.1) is 6.61 Å². The smallest absolute Gasteiger partial charge is 0.245 e. The lowest BCUT2D eigenvalue weighted by molar-refractivity contribution is -0.132. The quantitative estimate of drug-likeness (QED) is 0.815. The van der Waals surface area contributed by atoms with E-state index in [0.717, 1.165) is 18.4 Å². The summed E-state index contributed by atoms with van der Waals surface area (Å²) in [6.07, 6.45) is 2.04. The average molecular weight is 254 g/mol. The average Bonchev–Trinajstić information content (AvgIpc) is 3.19. The summed E-state index contributed by atoms with van der Waals surface area (Å²) in [5, 5.41) is 8.33. The van der Waals surface area contributed by atoms with E-state index in [1.165, 1.54) is 0 Å². The first kappa shape index (κ1) is 12.4. The number of rotatable bonds is 5. The van der Waals surface area contributed by atoms with Gasteiger partial charge in [-0.1, -0.05) is 30.3 Å². The predicted molar refractivity (Wildman–Crippen MR) is 66.9 cm³/mol. The van der Waals surface area contributed by atoms with Crippen molar-refractivity contribution in [2.24, 2.45) is 0 Å². The molecule has 2 rings (SSSR count). The number of carbonyl (C=O) groups excluding carboxylic acids is 1. The number of benzene rings is 1. The molecule has 0 heterocycles. The molecule has 1 aliphatic rings. The molecule has 1 aromatic carbocycles. The number of aliphatic hydroxyl groups is 1. The van der Waals surface area contributed by atoms with Crippen LogP contribution in [0, 0.1) is 0 Å². The molecular formula is C13H16ClNO2. The SMILES string of the molecule is O=C(C(Cl)c1ccccc1)N(CCO)C1CC1. The van der Waals surface area contributed by atoms with Crippen LogP contribution >= 0.6 is 11.6 Å². The zero-order chi connectivity index (χ0) is 12.3. The van der Waals surface area contributed by atoms with Crippen LogP contribution in [0.15, 0.2) is 30.3 Å². The second-order valence-corrected chi connectivity index (χ2v) is 4.70. The van der Waals surface area contributed by atoms with Gasteiger partial charge in [0, 0.05) is 12.6 Å². The van der Waals surface area contributed by atoms with Crippen LogP contribution in [0.4, 0.5) is 0 Å². The van der Waals surface area contributed by atoms with E-state index in [1.807, 2.05) is 30.3 Å².